The fourth-order valence-electron chi connectivity index (χ4n) is 3.04. The molecule has 142 valence electrons. The van der Waals surface area contributed by atoms with E-state index in [-0.39, 0.29) is 11.8 Å². The molecule has 7 heteroatoms. The monoisotopic (exact) mass is 392 g/mol. The minimum atomic E-state index is -1.26. The molecule has 0 radical (unpaired) electrons. The van der Waals surface area contributed by atoms with Gasteiger partial charge in [-0.15, -0.1) is 0 Å². The van der Waals surface area contributed by atoms with Crippen molar-refractivity contribution in [3.63, 3.8) is 0 Å². The van der Waals surface area contributed by atoms with Crippen molar-refractivity contribution in [3.05, 3.63) is 72.1 Å². The number of carbonyl (C=O) groups is 2. The van der Waals surface area contributed by atoms with Crippen LogP contribution in [0.25, 0.3) is 0 Å². The smallest absolute Gasteiger partial charge is 0.250 e. The number of rotatable bonds is 4. The lowest BCUT2D eigenvalue weighted by Crippen LogP contribution is -2.49. The van der Waals surface area contributed by atoms with Crippen molar-refractivity contribution in [1.82, 2.24) is 9.78 Å². The first-order valence-corrected chi connectivity index (χ1v) is 9.75. The van der Waals surface area contributed by atoms with E-state index in [4.69, 9.17) is 0 Å². The summed E-state index contributed by atoms with van der Waals surface area (Å²) in [5.74, 6) is -0.707. The third-order valence-electron chi connectivity index (χ3n) is 4.80. The zero-order valence-corrected chi connectivity index (χ0v) is 16.4. The van der Waals surface area contributed by atoms with E-state index in [1.165, 1.54) is 17.3 Å². The van der Waals surface area contributed by atoms with E-state index >= 15 is 0 Å². The van der Waals surface area contributed by atoms with Crippen molar-refractivity contribution in [2.75, 3.05) is 10.6 Å². The summed E-state index contributed by atoms with van der Waals surface area (Å²) in [6.07, 6.45) is 3.37. The van der Waals surface area contributed by atoms with E-state index in [2.05, 4.69) is 34.8 Å². The van der Waals surface area contributed by atoms with Crippen LogP contribution in [0.5, 0.6) is 0 Å². The van der Waals surface area contributed by atoms with Crippen LogP contribution in [0.15, 0.2) is 65.8 Å². The SMILES string of the molecule is Cc1ccccc1Cn1cc(NC(=O)C2(C)Sc3ccccc3NC2=O)cn1. The predicted molar refractivity (Wildman–Crippen MR) is 110 cm³/mol. The van der Waals surface area contributed by atoms with E-state index in [1.54, 1.807) is 24.0 Å². The van der Waals surface area contributed by atoms with Crippen LogP contribution in [-0.4, -0.2) is 26.3 Å². The summed E-state index contributed by atoms with van der Waals surface area (Å²) in [6, 6.07) is 15.6. The van der Waals surface area contributed by atoms with Crippen LogP contribution in [-0.2, 0) is 16.1 Å². The Hall–Kier alpha value is -3.06. The van der Waals surface area contributed by atoms with Gasteiger partial charge in [0, 0.05) is 11.1 Å². The molecule has 0 bridgehead atoms. The van der Waals surface area contributed by atoms with E-state index < -0.39 is 4.75 Å². The lowest BCUT2D eigenvalue weighted by Gasteiger charge is -2.31. The molecule has 1 atom stereocenters. The first-order chi connectivity index (χ1) is 13.5. The summed E-state index contributed by atoms with van der Waals surface area (Å²) >= 11 is 1.25. The number of nitrogens with zero attached hydrogens (tertiary/aromatic N) is 2. The number of anilines is 2. The summed E-state index contributed by atoms with van der Waals surface area (Å²) in [5, 5.41) is 9.97. The van der Waals surface area contributed by atoms with Crippen molar-refractivity contribution in [3.8, 4) is 0 Å². The highest BCUT2D eigenvalue weighted by Gasteiger charge is 2.45. The van der Waals surface area contributed by atoms with Crippen LogP contribution < -0.4 is 10.6 Å². The van der Waals surface area contributed by atoms with Gasteiger partial charge in [0.05, 0.1) is 24.1 Å². The van der Waals surface area contributed by atoms with Gasteiger partial charge in [-0.2, -0.15) is 5.10 Å². The quantitative estimate of drug-likeness (QED) is 0.664. The molecular weight excluding hydrogens is 372 g/mol. The fourth-order valence-corrected chi connectivity index (χ4v) is 4.15. The number of hydrogen-bond acceptors (Lipinski definition) is 4. The van der Waals surface area contributed by atoms with Gasteiger partial charge in [-0.05, 0) is 37.1 Å². The summed E-state index contributed by atoms with van der Waals surface area (Å²) in [6.45, 7) is 4.30. The largest absolute Gasteiger partial charge is 0.323 e. The van der Waals surface area contributed by atoms with Gasteiger partial charge in [0.1, 0.15) is 0 Å². The molecule has 0 aliphatic carbocycles. The summed E-state index contributed by atoms with van der Waals surface area (Å²) in [7, 11) is 0. The topological polar surface area (TPSA) is 76.0 Å². The van der Waals surface area contributed by atoms with Crippen molar-refractivity contribution >= 4 is 35.0 Å². The molecule has 6 nitrogen and oxygen atoms in total. The Morgan fingerprint density at radius 2 is 1.96 bits per heavy atom. The standard InChI is InChI=1S/C21H20N4O2S/c1-14-7-3-4-8-15(14)12-25-13-16(11-22-25)23-19(26)21(2)20(27)24-17-9-5-6-10-18(17)28-21/h3-11,13H,12H2,1-2H3,(H,23,26)(H,24,27). The second kappa shape index (κ2) is 7.16. The highest BCUT2D eigenvalue weighted by atomic mass is 32.2. The number of aromatic nitrogens is 2. The van der Waals surface area contributed by atoms with Gasteiger partial charge in [-0.1, -0.05) is 48.2 Å². The first-order valence-electron chi connectivity index (χ1n) is 8.93. The van der Waals surface area contributed by atoms with Crippen LogP contribution in [0, 0.1) is 6.92 Å². The lowest BCUT2D eigenvalue weighted by molar-refractivity contribution is -0.126. The molecule has 1 aromatic heterocycles. The van der Waals surface area contributed by atoms with E-state index in [9.17, 15) is 9.59 Å². The molecular formula is C21H20N4O2S. The molecule has 0 saturated heterocycles. The normalized spacial score (nSPS) is 18.3. The Bertz CT molecular complexity index is 1060. The lowest BCUT2D eigenvalue weighted by atomic mass is 10.1. The molecule has 2 heterocycles. The molecule has 2 aromatic carbocycles. The number of aryl methyl sites for hydroxylation is 1. The van der Waals surface area contributed by atoms with E-state index in [0.29, 0.717) is 12.2 Å². The van der Waals surface area contributed by atoms with Crippen LogP contribution >= 0.6 is 11.8 Å². The molecule has 4 rings (SSSR count). The van der Waals surface area contributed by atoms with Gasteiger partial charge in [-0.25, -0.2) is 0 Å². The zero-order chi connectivity index (χ0) is 19.7. The Balaban J connectivity index is 1.49. The fraction of sp³-hybridized carbons (Fsp3) is 0.190. The molecule has 0 fully saturated rings. The highest BCUT2D eigenvalue weighted by molar-refractivity contribution is 8.02. The molecule has 2 N–H and O–H groups in total. The van der Waals surface area contributed by atoms with Crippen LogP contribution in [0.1, 0.15) is 18.1 Å². The van der Waals surface area contributed by atoms with Gasteiger partial charge < -0.3 is 10.6 Å². The maximum atomic E-state index is 12.9. The van der Waals surface area contributed by atoms with Crippen LogP contribution in [0.2, 0.25) is 0 Å². The van der Waals surface area contributed by atoms with Crippen LogP contribution in [0.3, 0.4) is 0 Å². The minimum Gasteiger partial charge on any atom is -0.323 e. The van der Waals surface area contributed by atoms with Crippen molar-refractivity contribution in [2.24, 2.45) is 0 Å². The van der Waals surface area contributed by atoms with Gasteiger partial charge in [0.2, 0.25) is 11.8 Å². The number of thioether (sulfide) groups is 1. The number of benzene rings is 2. The average molecular weight is 392 g/mol. The van der Waals surface area contributed by atoms with E-state index in [1.807, 2.05) is 36.4 Å². The van der Waals surface area contributed by atoms with Crippen molar-refractivity contribution < 1.29 is 9.59 Å². The Labute approximate surface area is 167 Å². The number of fused-ring (bicyclic) bond motifs is 1. The summed E-state index contributed by atoms with van der Waals surface area (Å²) in [4.78, 5) is 26.4. The number of amides is 2. The Morgan fingerprint density at radius 3 is 2.79 bits per heavy atom. The molecule has 2 amide bonds. The molecule has 1 aliphatic rings. The second-order valence-electron chi connectivity index (χ2n) is 6.89. The van der Waals surface area contributed by atoms with Gasteiger partial charge >= 0.3 is 0 Å². The number of para-hydroxylation sites is 1. The average Bonchev–Trinajstić information content (AvgIpc) is 3.11. The third-order valence-corrected chi connectivity index (χ3v) is 6.16. The highest BCUT2D eigenvalue weighted by Crippen LogP contribution is 2.42. The van der Waals surface area contributed by atoms with Crippen molar-refractivity contribution in [2.45, 2.75) is 30.0 Å². The number of hydrogen-bond donors (Lipinski definition) is 2. The maximum Gasteiger partial charge on any atom is 0.250 e. The van der Waals surface area contributed by atoms with E-state index in [0.717, 1.165) is 16.1 Å². The molecule has 28 heavy (non-hydrogen) atoms. The first kappa shape index (κ1) is 18.3. The number of carbonyl (C=O) groups excluding carboxylic acids is 2. The van der Waals surface area contributed by atoms with Gasteiger partial charge in [0.25, 0.3) is 0 Å². The van der Waals surface area contributed by atoms with Gasteiger partial charge in [0.15, 0.2) is 4.75 Å². The Morgan fingerprint density at radius 1 is 1.21 bits per heavy atom. The van der Waals surface area contributed by atoms with Crippen molar-refractivity contribution in [1.29, 1.82) is 0 Å². The summed E-state index contributed by atoms with van der Waals surface area (Å²) in [5.41, 5.74) is 3.64. The second-order valence-corrected chi connectivity index (χ2v) is 8.35. The zero-order valence-electron chi connectivity index (χ0n) is 15.6. The maximum absolute atomic E-state index is 12.9. The molecule has 0 spiro atoms. The third kappa shape index (κ3) is 3.41. The molecule has 1 unspecified atom stereocenters. The Kier molecular flexibility index (Phi) is 4.68. The molecule has 1 aliphatic heterocycles. The molecule has 0 saturated carbocycles. The van der Waals surface area contributed by atoms with Gasteiger partial charge in [-0.3, -0.25) is 14.3 Å². The van der Waals surface area contributed by atoms with Crippen LogP contribution in [0.4, 0.5) is 11.4 Å². The predicted octanol–water partition coefficient (Wildman–Crippen LogP) is 3.68. The summed E-state index contributed by atoms with van der Waals surface area (Å²) < 4.78 is 0.510. The molecule has 3 aromatic rings. The number of nitrogens with one attached hydrogen (secondary N) is 2. The minimum absolute atomic E-state index is 0.332.